The second kappa shape index (κ2) is 4.70. The highest BCUT2D eigenvalue weighted by molar-refractivity contribution is 5.54. The molecule has 1 fully saturated rings. The first-order valence-corrected chi connectivity index (χ1v) is 5.54. The van der Waals surface area contributed by atoms with Crippen molar-refractivity contribution in [3.05, 3.63) is 24.0 Å². The van der Waals surface area contributed by atoms with E-state index < -0.39 is 0 Å². The van der Waals surface area contributed by atoms with E-state index in [-0.39, 0.29) is 5.82 Å². The number of hydrogen-bond donors (Lipinski definition) is 1. The summed E-state index contributed by atoms with van der Waals surface area (Å²) < 4.78 is 19.0. The molecular formula is C12H17FN2O. The van der Waals surface area contributed by atoms with Crippen LogP contribution in [0.2, 0.25) is 0 Å². The summed E-state index contributed by atoms with van der Waals surface area (Å²) >= 11 is 0. The maximum atomic E-state index is 13.7. The summed E-state index contributed by atoms with van der Waals surface area (Å²) in [5.74, 6) is -0.256. The smallest absolute Gasteiger partial charge is 0.148 e. The van der Waals surface area contributed by atoms with Gasteiger partial charge in [-0.05, 0) is 31.0 Å². The fourth-order valence-electron chi connectivity index (χ4n) is 2.08. The van der Waals surface area contributed by atoms with E-state index in [0.717, 1.165) is 26.1 Å². The van der Waals surface area contributed by atoms with Crippen molar-refractivity contribution in [2.24, 2.45) is 0 Å². The zero-order valence-corrected chi connectivity index (χ0v) is 9.45. The van der Waals surface area contributed by atoms with Gasteiger partial charge in [0.05, 0.1) is 5.69 Å². The minimum Gasteiger partial charge on any atom is -0.399 e. The van der Waals surface area contributed by atoms with E-state index in [1.807, 2.05) is 11.9 Å². The number of ether oxygens (including phenoxy) is 1. The molecule has 1 aliphatic heterocycles. The van der Waals surface area contributed by atoms with Gasteiger partial charge in [0.2, 0.25) is 0 Å². The Kier molecular flexibility index (Phi) is 3.29. The molecule has 0 aliphatic carbocycles. The van der Waals surface area contributed by atoms with Crippen molar-refractivity contribution in [3.63, 3.8) is 0 Å². The monoisotopic (exact) mass is 224 g/mol. The molecule has 1 aromatic rings. The van der Waals surface area contributed by atoms with Crippen molar-refractivity contribution in [2.75, 3.05) is 30.9 Å². The van der Waals surface area contributed by atoms with Gasteiger partial charge < -0.3 is 15.4 Å². The first-order valence-electron chi connectivity index (χ1n) is 5.54. The average Bonchev–Trinajstić information content (AvgIpc) is 2.29. The Morgan fingerprint density at radius 1 is 1.38 bits per heavy atom. The summed E-state index contributed by atoms with van der Waals surface area (Å²) in [6, 6.07) is 5.19. The number of halogens is 1. The molecule has 0 unspecified atom stereocenters. The van der Waals surface area contributed by atoms with E-state index in [1.54, 1.807) is 12.1 Å². The van der Waals surface area contributed by atoms with E-state index in [4.69, 9.17) is 10.5 Å². The number of nitrogens with zero attached hydrogens (tertiary/aromatic N) is 1. The molecule has 1 saturated heterocycles. The fraction of sp³-hybridized carbons (Fsp3) is 0.500. The lowest BCUT2D eigenvalue weighted by molar-refractivity contribution is 0.0853. The van der Waals surface area contributed by atoms with Gasteiger partial charge in [0, 0.05) is 32.0 Å². The van der Waals surface area contributed by atoms with Gasteiger partial charge in [-0.15, -0.1) is 0 Å². The lowest BCUT2D eigenvalue weighted by atomic mass is 10.1. The van der Waals surface area contributed by atoms with Crippen molar-refractivity contribution in [1.82, 2.24) is 0 Å². The van der Waals surface area contributed by atoms with Gasteiger partial charge in [-0.2, -0.15) is 0 Å². The van der Waals surface area contributed by atoms with Crippen LogP contribution >= 0.6 is 0 Å². The van der Waals surface area contributed by atoms with Crippen LogP contribution < -0.4 is 10.6 Å². The number of anilines is 2. The summed E-state index contributed by atoms with van der Waals surface area (Å²) in [5, 5.41) is 0. The third-order valence-corrected chi connectivity index (χ3v) is 3.09. The normalized spacial score (nSPS) is 17.4. The highest BCUT2D eigenvalue weighted by atomic mass is 19.1. The van der Waals surface area contributed by atoms with Crippen LogP contribution in [-0.4, -0.2) is 26.3 Å². The summed E-state index contributed by atoms with van der Waals surface area (Å²) in [4.78, 5) is 1.98. The van der Waals surface area contributed by atoms with Crippen LogP contribution in [0.3, 0.4) is 0 Å². The largest absolute Gasteiger partial charge is 0.399 e. The predicted molar refractivity (Wildman–Crippen MR) is 63.1 cm³/mol. The van der Waals surface area contributed by atoms with Gasteiger partial charge in [-0.25, -0.2) is 4.39 Å². The molecule has 4 heteroatoms. The highest BCUT2D eigenvalue weighted by Crippen LogP contribution is 2.25. The summed E-state index contributed by atoms with van der Waals surface area (Å²) in [6.45, 7) is 1.51. The van der Waals surface area contributed by atoms with E-state index in [0.29, 0.717) is 17.4 Å². The van der Waals surface area contributed by atoms with Crippen LogP contribution in [0.15, 0.2) is 18.2 Å². The number of nitrogen functional groups attached to an aromatic ring is 1. The van der Waals surface area contributed by atoms with Crippen LogP contribution in [0.25, 0.3) is 0 Å². The van der Waals surface area contributed by atoms with Crippen molar-refractivity contribution in [3.8, 4) is 0 Å². The Labute approximate surface area is 95.0 Å². The Bertz CT molecular complexity index is 364. The van der Waals surface area contributed by atoms with Crippen molar-refractivity contribution < 1.29 is 9.13 Å². The lowest BCUT2D eigenvalue weighted by Crippen LogP contribution is -2.37. The van der Waals surface area contributed by atoms with Crippen LogP contribution in [-0.2, 0) is 4.74 Å². The van der Waals surface area contributed by atoms with Gasteiger partial charge in [-0.1, -0.05) is 0 Å². The van der Waals surface area contributed by atoms with Gasteiger partial charge in [-0.3, -0.25) is 0 Å². The van der Waals surface area contributed by atoms with Crippen LogP contribution in [0.5, 0.6) is 0 Å². The minimum atomic E-state index is -0.256. The number of rotatable bonds is 2. The third kappa shape index (κ3) is 2.27. The van der Waals surface area contributed by atoms with Crippen molar-refractivity contribution in [1.29, 1.82) is 0 Å². The minimum absolute atomic E-state index is 0.256. The summed E-state index contributed by atoms with van der Waals surface area (Å²) in [7, 11) is 1.92. The van der Waals surface area contributed by atoms with Gasteiger partial charge in [0.15, 0.2) is 0 Å². The molecule has 0 spiro atoms. The number of nitrogens with two attached hydrogens (primary N) is 1. The van der Waals surface area contributed by atoms with Gasteiger partial charge in [0.1, 0.15) is 5.82 Å². The van der Waals surface area contributed by atoms with E-state index in [9.17, 15) is 4.39 Å². The summed E-state index contributed by atoms with van der Waals surface area (Å²) in [6.07, 6.45) is 1.89. The molecule has 0 radical (unpaired) electrons. The lowest BCUT2D eigenvalue weighted by Gasteiger charge is -2.33. The van der Waals surface area contributed by atoms with Crippen LogP contribution in [0, 0.1) is 5.82 Å². The molecule has 0 saturated carbocycles. The second-order valence-corrected chi connectivity index (χ2v) is 4.17. The predicted octanol–water partition coefficient (Wildman–Crippen LogP) is 2.02. The highest BCUT2D eigenvalue weighted by Gasteiger charge is 2.20. The van der Waals surface area contributed by atoms with E-state index in [2.05, 4.69) is 0 Å². The van der Waals surface area contributed by atoms with E-state index in [1.165, 1.54) is 6.07 Å². The molecule has 0 atom stereocenters. The van der Waals surface area contributed by atoms with Crippen molar-refractivity contribution in [2.45, 2.75) is 18.9 Å². The molecular weight excluding hydrogens is 207 g/mol. The third-order valence-electron chi connectivity index (χ3n) is 3.09. The molecule has 88 valence electrons. The first kappa shape index (κ1) is 11.2. The Hall–Kier alpha value is -1.29. The SMILES string of the molecule is CN(c1ccc(N)cc1F)C1CCOCC1. The maximum absolute atomic E-state index is 13.7. The standard InChI is InChI=1S/C12H17FN2O/c1-15(10-4-6-16-7-5-10)12-3-2-9(14)8-11(12)13/h2-3,8,10H,4-7,14H2,1H3. The number of benzene rings is 1. The van der Waals surface area contributed by atoms with Crippen LogP contribution in [0.1, 0.15) is 12.8 Å². The Morgan fingerprint density at radius 3 is 2.69 bits per heavy atom. The molecule has 2 rings (SSSR count). The molecule has 3 nitrogen and oxygen atoms in total. The molecule has 1 aromatic carbocycles. The van der Waals surface area contributed by atoms with Gasteiger partial charge in [0.25, 0.3) is 0 Å². The van der Waals surface area contributed by atoms with Crippen LogP contribution in [0.4, 0.5) is 15.8 Å². The zero-order chi connectivity index (χ0) is 11.5. The zero-order valence-electron chi connectivity index (χ0n) is 9.45. The molecule has 0 bridgehead atoms. The first-order chi connectivity index (χ1) is 7.68. The van der Waals surface area contributed by atoms with Gasteiger partial charge >= 0.3 is 0 Å². The molecule has 1 heterocycles. The quantitative estimate of drug-likeness (QED) is 0.781. The molecule has 1 aliphatic rings. The van der Waals surface area contributed by atoms with E-state index >= 15 is 0 Å². The second-order valence-electron chi connectivity index (χ2n) is 4.17. The fourth-order valence-corrected chi connectivity index (χ4v) is 2.08. The topological polar surface area (TPSA) is 38.5 Å². The maximum Gasteiger partial charge on any atom is 0.148 e. The molecule has 16 heavy (non-hydrogen) atoms. The summed E-state index contributed by atoms with van der Waals surface area (Å²) in [5.41, 5.74) is 6.60. The molecule has 0 aromatic heterocycles. The Morgan fingerprint density at radius 2 is 2.06 bits per heavy atom. The number of hydrogen-bond acceptors (Lipinski definition) is 3. The molecule has 2 N–H and O–H groups in total. The Balaban J connectivity index is 2.15. The van der Waals surface area contributed by atoms with Crippen molar-refractivity contribution >= 4 is 11.4 Å². The average molecular weight is 224 g/mol. The molecule has 0 amide bonds.